The number of nitrogens with one attached hydrogen (secondary N) is 1. The van der Waals surface area contributed by atoms with Gasteiger partial charge in [-0.15, -0.1) is 0 Å². The third-order valence-electron chi connectivity index (χ3n) is 5.25. The van der Waals surface area contributed by atoms with E-state index in [0.29, 0.717) is 42.8 Å². The number of benzene rings is 2. The molecule has 3 heterocycles. The van der Waals surface area contributed by atoms with Gasteiger partial charge in [-0.05, 0) is 17.7 Å². The fourth-order valence-electron chi connectivity index (χ4n) is 3.66. The number of methoxy groups -OCH3 is 1. The smallest absolute Gasteiger partial charge is 0.261 e. The molecular formula is C23H21N7O3. The van der Waals surface area contributed by atoms with Crippen molar-refractivity contribution in [2.24, 2.45) is 9.98 Å². The maximum absolute atomic E-state index is 12.8. The Bertz CT molecular complexity index is 1260. The van der Waals surface area contributed by atoms with Gasteiger partial charge in [-0.25, -0.2) is 15.0 Å². The lowest BCUT2D eigenvalue weighted by molar-refractivity contribution is 0.0973. The summed E-state index contributed by atoms with van der Waals surface area (Å²) in [5, 5.41) is 2.83. The van der Waals surface area contributed by atoms with Gasteiger partial charge in [0.15, 0.2) is 11.5 Å². The number of carbonyl (C=O) groups excluding carboxylic acids is 1. The predicted octanol–water partition coefficient (Wildman–Crippen LogP) is 2.14. The van der Waals surface area contributed by atoms with E-state index in [0.717, 1.165) is 17.0 Å². The van der Waals surface area contributed by atoms with E-state index >= 15 is 0 Å². The van der Waals surface area contributed by atoms with E-state index in [9.17, 15) is 4.79 Å². The summed E-state index contributed by atoms with van der Waals surface area (Å²) in [5.74, 6) is 1.78. The minimum Gasteiger partial charge on any atom is -0.491 e. The standard InChI is InChI=1S/C23H21N7O3/c1-32-19-17(33-13-14-5-3-2-4-6-14)8-7-16-18(19)28-23(30-10-9-25-20(16)30)29-21(31)15-11-26-22(24)27-12-15/h2-8,11-12H,9-10,13H2,1H3,(H2,24,26,27)(H,28,29,31). The summed E-state index contributed by atoms with van der Waals surface area (Å²) in [5.41, 5.74) is 8.17. The van der Waals surface area contributed by atoms with Crippen LogP contribution in [0.4, 0.5) is 11.6 Å². The van der Waals surface area contributed by atoms with Crippen LogP contribution in [0.1, 0.15) is 21.5 Å². The van der Waals surface area contributed by atoms with Crippen LogP contribution in [0.2, 0.25) is 0 Å². The first-order chi connectivity index (χ1) is 16.1. The molecule has 1 amide bonds. The maximum Gasteiger partial charge on any atom is 0.261 e. The van der Waals surface area contributed by atoms with Crippen molar-refractivity contribution in [3.8, 4) is 11.5 Å². The van der Waals surface area contributed by atoms with E-state index in [4.69, 9.17) is 20.2 Å². The molecule has 2 aromatic carbocycles. The number of aromatic nitrogens is 2. The fourth-order valence-corrected chi connectivity index (χ4v) is 3.66. The van der Waals surface area contributed by atoms with E-state index in [-0.39, 0.29) is 11.5 Å². The Morgan fingerprint density at radius 3 is 2.70 bits per heavy atom. The van der Waals surface area contributed by atoms with E-state index in [1.807, 2.05) is 47.4 Å². The monoisotopic (exact) mass is 443 g/mol. The van der Waals surface area contributed by atoms with Crippen LogP contribution in [0, 0.1) is 0 Å². The minimum atomic E-state index is -0.404. The number of rotatable bonds is 5. The van der Waals surface area contributed by atoms with Gasteiger partial charge in [0, 0.05) is 24.5 Å². The molecule has 0 saturated carbocycles. The molecule has 0 spiro atoms. The van der Waals surface area contributed by atoms with Gasteiger partial charge in [-0.2, -0.15) is 0 Å². The highest BCUT2D eigenvalue weighted by atomic mass is 16.5. The van der Waals surface area contributed by atoms with Crippen molar-refractivity contribution in [2.45, 2.75) is 6.61 Å². The number of hydrogen-bond donors (Lipinski definition) is 2. The molecule has 3 N–H and O–H groups in total. The molecule has 0 unspecified atom stereocenters. The van der Waals surface area contributed by atoms with Crippen molar-refractivity contribution in [2.75, 3.05) is 25.9 Å². The predicted molar refractivity (Wildman–Crippen MR) is 123 cm³/mol. The molecule has 3 aromatic rings. The second-order valence-corrected chi connectivity index (χ2v) is 7.34. The van der Waals surface area contributed by atoms with Gasteiger partial charge in [-0.1, -0.05) is 30.3 Å². The Balaban J connectivity index is 1.48. The quantitative estimate of drug-likeness (QED) is 0.618. The van der Waals surface area contributed by atoms with Crippen LogP contribution in [-0.4, -0.2) is 52.8 Å². The zero-order chi connectivity index (χ0) is 22.8. The van der Waals surface area contributed by atoms with Crippen LogP contribution >= 0.6 is 0 Å². The van der Waals surface area contributed by atoms with Crippen molar-refractivity contribution in [3.05, 3.63) is 71.5 Å². The summed E-state index contributed by atoms with van der Waals surface area (Å²) in [7, 11) is 1.56. The zero-order valence-corrected chi connectivity index (χ0v) is 17.9. The SMILES string of the molecule is COc1c(OCc2ccccc2)ccc2c1N=C(NC(=O)c1cnc(N)nc1)N1CCN=C21. The molecule has 0 bridgehead atoms. The lowest BCUT2D eigenvalue weighted by atomic mass is 10.1. The van der Waals surface area contributed by atoms with Crippen molar-refractivity contribution < 1.29 is 14.3 Å². The molecule has 2 aliphatic rings. The third kappa shape index (κ3) is 3.93. The van der Waals surface area contributed by atoms with Crippen molar-refractivity contribution in [1.29, 1.82) is 0 Å². The summed E-state index contributed by atoms with van der Waals surface area (Å²) < 4.78 is 11.7. The number of hydrogen-bond acceptors (Lipinski definition) is 9. The normalized spacial score (nSPS) is 14.0. The molecule has 0 radical (unpaired) electrons. The van der Waals surface area contributed by atoms with Gasteiger partial charge in [0.2, 0.25) is 11.9 Å². The molecule has 2 aliphatic heterocycles. The topological polar surface area (TPSA) is 127 Å². The van der Waals surface area contributed by atoms with Gasteiger partial charge in [-0.3, -0.25) is 20.0 Å². The van der Waals surface area contributed by atoms with Gasteiger partial charge in [0.05, 0.1) is 19.2 Å². The number of guanidine groups is 1. The van der Waals surface area contributed by atoms with E-state index in [1.54, 1.807) is 7.11 Å². The molecule has 166 valence electrons. The summed E-state index contributed by atoms with van der Waals surface area (Å²) in [6, 6.07) is 13.6. The molecule has 33 heavy (non-hydrogen) atoms. The van der Waals surface area contributed by atoms with Crippen LogP contribution < -0.4 is 20.5 Å². The minimum absolute atomic E-state index is 0.0946. The molecular weight excluding hydrogens is 422 g/mol. The number of amides is 1. The largest absolute Gasteiger partial charge is 0.491 e. The number of ether oxygens (including phenoxy) is 2. The number of nitrogens with two attached hydrogens (primary N) is 1. The van der Waals surface area contributed by atoms with Crippen molar-refractivity contribution in [1.82, 2.24) is 20.2 Å². The molecule has 0 aliphatic carbocycles. The average Bonchev–Trinajstić information content (AvgIpc) is 3.34. The van der Waals surface area contributed by atoms with E-state index < -0.39 is 5.91 Å². The number of carbonyl (C=O) groups is 1. The number of fused-ring (bicyclic) bond motifs is 3. The highest BCUT2D eigenvalue weighted by Gasteiger charge is 2.33. The maximum atomic E-state index is 12.8. The van der Waals surface area contributed by atoms with Gasteiger partial charge < -0.3 is 15.2 Å². The van der Waals surface area contributed by atoms with E-state index in [1.165, 1.54) is 12.4 Å². The van der Waals surface area contributed by atoms with Crippen molar-refractivity contribution in [3.63, 3.8) is 0 Å². The highest BCUT2D eigenvalue weighted by Crippen LogP contribution is 2.43. The Morgan fingerprint density at radius 2 is 1.94 bits per heavy atom. The summed E-state index contributed by atoms with van der Waals surface area (Å²) >= 11 is 0. The number of amidine groups is 1. The Morgan fingerprint density at radius 1 is 1.15 bits per heavy atom. The third-order valence-corrected chi connectivity index (χ3v) is 5.25. The lowest BCUT2D eigenvalue weighted by Gasteiger charge is -2.28. The lowest BCUT2D eigenvalue weighted by Crippen LogP contribution is -2.47. The first-order valence-electron chi connectivity index (χ1n) is 10.3. The average molecular weight is 443 g/mol. The van der Waals surface area contributed by atoms with Crippen LogP contribution in [0.15, 0.2) is 64.8 Å². The Labute approximate surface area is 189 Å². The summed E-state index contributed by atoms with van der Waals surface area (Å²) in [4.78, 5) is 31.7. The van der Waals surface area contributed by atoms with Crippen LogP contribution in [0.5, 0.6) is 11.5 Å². The Hall–Kier alpha value is -4.47. The van der Waals surface area contributed by atoms with Gasteiger partial charge in [0.25, 0.3) is 5.91 Å². The molecule has 0 fully saturated rings. The number of anilines is 1. The Kier molecular flexibility index (Phi) is 5.31. The zero-order valence-electron chi connectivity index (χ0n) is 17.9. The number of nitrogen functional groups attached to an aromatic ring is 1. The van der Waals surface area contributed by atoms with Gasteiger partial charge in [0.1, 0.15) is 18.1 Å². The summed E-state index contributed by atoms with van der Waals surface area (Å²) in [6.45, 7) is 1.57. The van der Waals surface area contributed by atoms with E-state index in [2.05, 4.69) is 20.3 Å². The highest BCUT2D eigenvalue weighted by molar-refractivity contribution is 6.20. The molecule has 0 atom stereocenters. The summed E-state index contributed by atoms with van der Waals surface area (Å²) in [6.07, 6.45) is 2.73. The number of nitrogens with zero attached hydrogens (tertiary/aromatic N) is 5. The molecule has 5 rings (SSSR count). The molecule has 10 heteroatoms. The second-order valence-electron chi connectivity index (χ2n) is 7.34. The fraction of sp³-hybridized carbons (Fsp3) is 0.174. The van der Waals surface area contributed by atoms with Gasteiger partial charge >= 0.3 is 0 Å². The molecule has 10 nitrogen and oxygen atoms in total. The number of aliphatic imine (C=N–C) groups is 2. The van der Waals surface area contributed by atoms with Crippen LogP contribution in [0.3, 0.4) is 0 Å². The first-order valence-corrected chi connectivity index (χ1v) is 10.3. The van der Waals surface area contributed by atoms with Crippen molar-refractivity contribution >= 4 is 29.3 Å². The van der Waals surface area contributed by atoms with Crippen LogP contribution in [0.25, 0.3) is 0 Å². The molecule has 1 aromatic heterocycles. The first kappa shape index (κ1) is 20.4. The van der Waals surface area contributed by atoms with Crippen LogP contribution in [-0.2, 0) is 6.61 Å². The molecule has 0 saturated heterocycles. The second kappa shape index (κ2) is 8.58.